The lowest BCUT2D eigenvalue weighted by atomic mass is 9.97. The second kappa shape index (κ2) is 13.3. The van der Waals surface area contributed by atoms with Gasteiger partial charge in [0.25, 0.3) is 0 Å². The quantitative estimate of drug-likeness (QED) is 0.170. The van der Waals surface area contributed by atoms with Gasteiger partial charge in [0, 0.05) is 42.1 Å². The second-order valence-corrected chi connectivity index (χ2v) is 13.8. The number of nitrogens with zero attached hydrogens (tertiary/aromatic N) is 3. The first kappa shape index (κ1) is 20.5. The molecule has 0 N–H and O–H groups in total. The molecule has 0 aliphatic carbocycles. The van der Waals surface area contributed by atoms with E-state index in [4.69, 9.17) is 31.7 Å². The van der Waals surface area contributed by atoms with Crippen LogP contribution >= 0.6 is 11.3 Å². The van der Waals surface area contributed by atoms with Gasteiger partial charge >= 0.3 is 0 Å². The minimum atomic E-state index is -0.807. The summed E-state index contributed by atoms with van der Waals surface area (Å²) in [5, 5.41) is 1.42. The highest BCUT2D eigenvalue weighted by Crippen LogP contribution is 2.42. The van der Waals surface area contributed by atoms with Crippen molar-refractivity contribution in [2.75, 3.05) is 0 Å². The fraction of sp³-hybridized carbons (Fsp3) is 0. The molecule has 3 heterocycles. The summed E-state index contributed by atoms with van der Waals surface area (Å²) < 4.78 is 140. The maximum absolute atomic E-state index is 9.76. The molecule has 0 amide bonds. The Kier molecular flexibility index (Phi) is 4.85. The summed E-state index contributed by atoms with van der Waals surface area (Å²) in [6.07, 6.45) is 0. The van der Waals surface area contributed by atoms with Crippen molar-refractivity contribution in [3.05, 3.63) is 188 Å². The Hall–Kier alpha value is -7.21. The molecule has 0 aliphatic rings. The van der Waals surface area contributed by atoms with E-state index in [0.29, 0.717) is 22.3 Å². The molecule has 262 valence electrons. The molecule has 0 saturated heterocycles. The fourth-order valence-electron chi connectivity index (χ4n) is 6.79. The number of furan rings is 1. The first-order chi connectivity index (χ1) is 34.0. The SMILES string of the molecule is [2H]c1c([2H])c([2H])c(-c2c([2H])c([2H])c(-c3c([2H])c([2H])c([2H])c4sc5c([2H])c(-c6nc(-c7ccc(-c8ccccc8)cc7)nc(-c7cccc8c7oc7ccccc78)n6)c([2H])c([2H])c5c34)c([2H])c2[2H])c([2H])c1[2H]. The number of thiophene rings is 1. The van der Waals surface area contributed by atoms with Gasteiger partial charge < -0.3 is 4.42 Å². The van der Waals surface area contributed by atoms with Gasteiger partial charge in [-0.1, -0.05) is 163 Å². The summed E-state index contributed by atoms with van der Waals surface area (Å²) in [5.41, 5.74) is 1.88. The van der Waals surface area contributed by atoms with Crippen molar-refractivity contribution in [1.29, 1.82) is 0 Å². The summed E-state index contributed by atoms with van der Waals surface area (Å²) in [7, 11) is 0. The highest BCUT2D eigenvalue weighted by Gasteiger charge is 2.19. The topological polar surface area (TPSA) is 51.8 Å². The van der Waals surface area contributed by atoms with Gasteiger partial charge in [-0.2, -0.15) is 0 Å². The fourth-order valence-corrected chi connectivity index (χ4v) is 7.81. The molecule has 0 saturated carbocycles. The van der Waals surface area contributed by atoms with E-state index in [2.05, 4.69) is 0 Å². The van der Waals surface area contributed by atoms with Crippen LogP contribution < -0.4 is 0 Å². The summed E-state index contributed by atoms with van der Waals surface area (Å²) >= 11 is 0.819. The minimum absolute atomic E-state index is 0.0249. The van der Waals surface area contributed by atoms with Gasteiger partial charge in [0.2, 0.25) is 0 Å². The lowest BCUT2D eigenvalue weighted by molar-refractivity contribution is 0.669. The smallest absolute Gasteiger partial charge is 0.167 e. The molecule has 5 heteroatoms. The molecule has 4 nitrogen and oxygen atoms in total. The van der Waals surface area contributed by atoms with Crippen LogP contribution in [0.3, 0.4) is 0 Å². The third kappa shape index (κ3) is 5.56. The molecular weight excluding hydrogens is 703 g/mol. The van der Waals surface area contributed by atoms with Gasteiger partial charge in [-0.3, -0.25) is 0 Å². The zero-order valence-electron chi connectivity index (χ0n) is 43.9. The summed E-state index contributed by atoms with van der Waals surface area (Å²) in [6.45, 7) is 0. The van der Waals surface area contributed by atoms with Crippen LogP contribution in [0.5, 0.6) is 0 Å². The molecule has 0 fully saturated rings. The van der Waals surface area contributed by atoms with Gasteiger partial charge in [-0.05, 0) is 57.6 Å². The molecule has 0 atom stereocenters. The van der Waals surface area contributed by atoms with Crippen molar-refractivity contribution < 1.29 is 25.0 Å². The lowest BCUT2D eigenvalue weighted by Crippen LogP contribution is -2.00. The number of aromatic nitrogens is 3. The molecular formula is C51H31N3OS. The van der Waals surface area contributed by atoms with E-state index in [9.17, 15) is 8.22 Å². The Morgan fingerprint density at radius 2 is 1.07 bits per heavy atom. The van der Waals surface area contributed by atoms with Crippen molar-refractivity contribution in [1.82, 2.24) is 15.0 Å². The summed E-state index contributed by atoms with van der Waals surface area (Å²) in [4.78, 5) is 14.6. The maximum atomic E-state index is 9.76. The zero-order chi connectivity index (χ0) is 50.1. The Morgan fingerprint density at radius 1 is 0.411 bits per heavy atom. The van der Waals surface area contributed by atoms with Crippen molar-refractivity contribution in [3.8, 4) is 67.5 Å². The van der Waals surface area contributed by atoms with Gasteiger partial charge in [-0.25, -0.2) is 15.0 Å². The summed E-state index contributed by atoms with van der Waals surface area (Å²) in [6, 6.07) is 20.3. The molecule has 56 heavy (non-hydrogen) atoms. The molecule has 0 bridgehead atoms. The Labute approximate surface area is 348 Å². The van der Waals surface area contributed by atoms with Crippen LogP contribution in [0.15, 0.2) is 192 Å². The number of para-hydroxylation sites is 2. The van der Waals surface area contributed by atoms with Gasteiger partial charge in [0.1, 0.15) is 11.2 Å². The van der Waals surface area contributed by atoms with Crippen molar-refractivity contribution in [2.45, 2.75) is 0 Å². The van der Waals surface area contributed by atoms with E-state index in [1.807, 2.05) is 91.0 Å². The first-order valence-electron chi connectivity index (χ1n) is 25.0. The van der Waals surface area contributed by atoms with E-state index < -0.39 is 101 Å². The van der Waals surface area contributed by atoms with Crippen molar-refractivity contribution in [2.24, 2.45) is 0 Å². The Bertz CT molecular complexity index is 4060. The predicted octanol–water partition coefficient (Wildman–Crippen LogP) is 14.1. The molecule has 11 aromatic rings. The molecule has 0 radical (unpaired) electrons. The number of hydrogen-bond donors (Lipinski definition) is 0. The van der Waals surface area contributed by atoms with E-state index in [1.165, 1.54) is 0 Å². The largest absolute Gasteiger partial charge is 0.455 e. The van der Waals surface area contributed by atoms with Crippen molar-refractivity contribution in [3.63, 3.8) is 0 Å². The first-order valence-corrected chi connectivity index (χ1v) is 18.3. The molecule has 0 aliphatic heterocycles. The van der Waals surface area contributed by atoms with E-state index in [-0.39, 0.29) is 54.8 Å². The average molecular weight is 749 g/mol. The standard InChI is InChI=1S/C51H31N3OS/c1-3-11-32(12-4-1)34-21-25-36(26-22-34)39-16-10-20-45-47(39)42-30-29-38(31-46(42)56-45)50-52-49(37-27-23-35(24-28-37)33-13-5-2-6-14-33)53-51(54-50)43-18-9-17-41-40-15-7-8-19-44(40)55-48(41)43/h1-31H/i1D,3D,4D,10D,11D,12D,16D,20D,21D,22D,25D,26D,29D,30D,31D. The second-order valence-electron chi connectivity index (χ2n) is 12.8. The predicted molar refractivity (Wildman–Crippen MR) is 233 cm³/mol. The highest BCUT2D eigenvalue weighted by atomic mass is 32.1. The minimum Gasteiger partial charge on any atom is -0.455 e. The van der Waals surface area contributed by atoms with Crippen LogP contribution in [0.1, 0.15) is 20.6 Å². The van der Waals surface area contributed by atoms with Crippen LogP contribution in [-0.4, -0.2) is 15.0 Å². The third-order valence-corrected chi connectivity index (χ3v) is 10.5. The molecule has 0 spiro atoms. The van der Waals surface area contributed by atoms with Gasteiger partial charge in [0.05, 0.1) is 26.1 Å². The third-order valence-electron chi connectivity index (χ3n) is 9.45. The van der Waals surface area contributed by atoms with Crippen LogP contribution in [0.25, 0.3) is 110 Å². The Balaban J connectivity index is 1.17. The van der Waals surface area contributed by atoms with Crippen LogP contribution in [0, 0.1) is 0 Å². The molecule has 3 aromatic heterocycles. The zero-order valence-corrected chi connectivity index (χ0v) is 29.7. The number of fused-ring (bicyclic) bond motifs is 6. The van der Waals surface area contributed by atoms with Crippen LogP contribution in [0.4, 0.5) is 0 Å². The van der Waals surface area contributed by atoms with Crippen LogP contribution in [0.2, 0.25) is 0 Å². The number of rotatable bonds is 6. The van der Waals surface area contributed by atoms with Crippen LogP contribution in [-0.2, 0) is 0 Å². The average Bonchev–Trinajstić information content (AvgIpc) is 3.98. The Morgan fingerprint density at radius 3 is 1.91 bits per heavy atom. The van der Waals surface area contributed by atoms with Crippen molar-refractivity contribution >= 4 is 53.4 Å². The van der Waals surface area contributed by atoms with Gasteiger partial charge in [0.15, 0.2) is 17.5 Å². The monoisotopic (exact) mass is 748 g/mol. The van der Waals surface area contributed by atoms with E-state index in [0.717, 1.165) is 33.2 Å². The maximum Gasteiger partial charge on any atom is 0.167 e. The van der Waals surface area contributed by atoms with E-state index >= 15 is 0 Å². The van der Waals surface area contributed by atoms with E-state index in [1.54, 1.807) is 6.07 Å². The van der Waals surface area contributed by atoms with Gasteiger partial charge in [-0.15, -0.1) is 11.3 Å². The number of hydrogen-bond acceptors (Lipinski definition) is 5. The molecule has 11 rings (SSSR count). The highest BCUT2D eigenvalue weighted by molar-refractivity contribution is 7.26. The number of benzene rings is 8. The molecule has 0 unspecified atom stereocenters. The molecule has 8 aromatic carbocycles. The lowest BCUT2D eigenvalue weighted by Gasteiger charge is -2.10. The normalized spacial score (nSPS) is 15.3. The summed E-state index contributed by atoms with van der Waals surface area (Å²) in [5.74, 6) is 0.195.